The second kappa shape index (κ2) is 9.78. The number of carbonyl (C=O) groups is 1. The smallest absolute Gasteiger partial charge is 0.468 e. The van der Waals surface area contributed by atoms with Crippen molar-refractivity contribution in [3.8, 4) is 11.5 Å². The molecular weight excluding hydrogens is 417 g/mol. The fourth-order valence-electron chi connectivity index (χ4n) is 3.27. The van der Waals surface area contributed by atoms with Crippen LogP contribution >= 0.6 is 0 Å². The lowest BCUT2D eigenvalue weighted by molar-refractivity contribution is -0.274. The number of esters is 1. The number of benzene rings is 2. The number of halogens is 3. The van der Waals surface area contributed by atoms with Crippen LogP contribution in [0.5, 0.6) is 11.5 Å². The molecule has 4 N–H and O–H groups in total. The minimum absolute atomic E-state index is 0.0445. The van der Waals surface area contributed by atoms with Gasteiger partial charge in [-0.1, -0.05) is 0 Å². The molecule has 0 aliphatic heterocycles. The standard InChI is InChI=1S/C21H23F3N2O5/c22-21(23,24)31-19-7-3-17(4-8-19)29-12-28-16-1-5-18(6-2-16)30-20(27)13-9-14(25)11-15(26)10-13/h3-4,7-11,16,18H,1-2,5-6,12,25-26H2. The highest BCUT2D eigenvalue weighted by molar-refractivity contribution is 5.91. The summed E-state index contributed by atoms with van der Waals surface area (Å²) in [7, 11) is 0. The summed E-state index contributed by atoms with van der Waals surface area (Å²) in [5, 5.41) is 0. The fraction of sp³-hybridized carbons (Fsp3) is 0.381. The highest BCUT2D eigenvalue weighted by atomic mass is 19.4. The molecule has 10 heteroatoms. The van der Waals surface area contributed by atoms with Gasteiger partial charge in [-0.3, -0.25) is 0 Å². The molecule has 2 aromatic rings. The number of nitrogens with two attached hydrogens (primary N) is 2. The summed E-state index contributed by atoms with van der Waals surface area (Å²) in [6, 6.07) is 9.66. The van der Waals surface area contributed by atoms with Crippen LogP contribution in [-0.4, -0.2) is 31.3 Å². The molecule has 1 fully saturated rings. The maximum atomic E-state index is 12.3. The molecule has 2 aromatic carbocycles. The highest BCUT2D eigenvalue weighted by Gasteiger charge is 2.31. The molecule has 0 heterocycles. The van der Waals surface area contributed by atoms with Gasteiger partial charge in [-0.2, -0.15) is 0 Å². The number of alkyl halides is 3. The summed E-state index contributed by atoms with van der Waals surface area (Å²) < 4.78 is 56.8. The molecule has 7 nitrogen and oxygen atoms in total. The largest absolute Gasteiger partial charge is 0.573 e. The number of hydrogen-bond acceptors (Lipinski definition) is 7. The second-order valence-corrected chi connectivity index (χ2v) is 7.14. The Bertz CT molecular complexity index is 861. The van der Waals surface area contributed by atoms with Crippen LogP contribution in [0.25, 0.3) is 0 Å². The highest BCUT2D eigenvalue weighted by Crippen LogP contribution is 2.27. The molecule has 31 heavy (non-hydrogen) atoms. The Labute approximate surface area is 177 Å². The third kappa shape index (κ3) is 7.25. The lowest BCUT2D eigenvalue weighted by atomic mass is 9.95. The van der Waals surface area contributed by atoms with E-state index in [0.717, 1.165) is 12.1 Å². The molecule has 0 spiro atoms. The van der Waals surface area contributed by atoms with Crippen LogP contribution < -0.4 is 20.9 Å². The summed E-state index contributed by atoms with van der Waals surface area (Å²) in [5.74, 6) is -0.433. The number of hydrogen-bond donors (Lipinski definition) is 2. The van der Waals surface area contributed by atoms with Crippen LogP contribution in [0.2, 0.25) is 0 Å². The van der Waals surface area contributed by atoms with Crippen LogP contribution in [0, 0.1) is 0 Å². The van der Waals surface area contributed by atoms with Gasteiger partial charge in [0.1, 0.15) is 17.6 Å². The number of anilines is 2. The molecular formula is C21H23F3N2O5. The Morgan fingerprint density at radius 2 is 1.45 bits per heavy atom. The average Bonchev–Trinajstić information content (AvgIpc) is 2.69. The van der Waals surface area contributed by atoms with E-state index in [1.54, 1.807) is 6.07 Å². The summed E-state index contributed by atoms with van der Waals surface area (Å²) in [5.41, 5.74) is 12.5. The van der Waals surface area contributed by atoms with E-state index in [2.05, 4.69) is 4.74 Å². The van der Waals surface area contributed by atoms with E-state index < -0.39 is 12.3 Å². The topological polar surface area (TPSA) is 106 Å². The molecule has 1 aliphatic carbocycles. The van der Waals surface area contributed by atoms with Gasteiger partial charge in [-0.05, 0) is 68.1 Å². The lowest BCUT2D eigenvalue weighted by Crippen LogP contribution is -2.29. The Hall–Kier alpha value is -3.14. The first-order valence-corrected chi connectivity index (χ1v) is 9.65. The van der Waals surface area contributed by atoms with Gasteiger partial charge in [0.25, 0.3) is 0 Å². The van der Waals surface area contributed by atoms with E-state index >= 15 is 0 Å². The SMILES string of the molecule is Nc1cc(N)cc(C(=O)OC2CCC(OCOc3ccc(OC(F)(F)F)cc3)CC2)c1. The molecule has 0 bridgehead atoms. The van der Waals surface area contributed by atoms with Crippen molar-refractivity contribution in [1.82, 2.24) is 0 Å². The quantitative estimate of drug-likeness (QED) is 0.376. The van der Waals surface area contributed by atoms with E-state index in [1.165, 1.54) is 24.3 Å². The first kappa shape index (κ1) is 22.5. The number of ether oxygens (including phenoxy) is 4. The summed E-state index contributed by atoms with van der Waals surface area (Å²) in [6.07, 6.45) is -2.39. The molecule has 0 atom stereocenters. The molecule has 0 amide bonds. The maximum absolute atomic E-state index is 12.3. The number of rotatable bonds is 7. The van der Waals surface area contributed by atoms with Crippen LogP contribution in [-0.2, 0) is 9.47 Å². The Kier molecular flexibility index (Phi) is 7.11. The zero-order chi connectivity index (χ0) is 22.4. The van der Waals surface area contributed by atoms with Gasteiger partial charge in [-0.15, -0.1) is 13.2 Å². The predicted octanol–water partition coefficient (Wildman–Crippen LogP) is 4.27. The fourth-order valence-corrected chi connectivity index (χ4v) is 3.27. The van der Waals surface area contributed by atoms with E-state index in [-0.39, 0.29) is 24.8 Å². The molecule has 1 aliphatic rings. The van der Waals surface area contributed by atoms with Crippen molar-refractivity contribution >= 4 is 17.3 Å². The van der Waals surface area contributed by atoms with Crippen molar-refractivity contribution < 1.29 is 36.9 Å². The zero-order valence-corrected chi connectivity index (χ0v) is 16.6. The normalized spacial score (nSPS) is 18.9. The first-order chi connectivity index (χ1) is 14.7. The first-order valence-electron chi connectivity index (χ1n) is 9.65. The third-order valence-corrected chi connectivity index (χ3v) is 4.69. The van der Waals surface area contributed by atoms with Gasteiger partial charge in [-0.25, -0.2) is 4.79 Å². The van der Waals surface area contributed by atoms with Crippen molar-refractivity contribution in [1.29, 1.82) is 0 Å². The summed E-state index contributed by atoms with van der Waals surface area (Å²) in [6.45, 7) is -0.0445. The van der Waals surface area contributed by atoms with Crippen LogP contribution in [0.1, 0.15) is 36.0 Å². The number of carbonyl (C=O) groups excluding carboxylic acids is 1. The van der Waals surface area contributed by atoms with E-state index in [1.807, 2.05) is 0 Å². The number of nitrogen functional groups attached to an aromatic ring is 2. The third-order valence-electron chi connectivity index (χ3n) is 4.69. The Balaban J connectivity index is 1.37. The molecule has 168 valence electrons. The van der Waals surface area contributed by atoms with Gasteiger partial charge < -0.3 is 30.4 Å². The molecule has 1 saturated carbocycles. The van der Waals surface area contributed by atoms with Gasteiger partial charge in [0.2, 0.25) is 0 Å². The van der Waals surface area contributed by atoms with Crippen molar-refractivity contribution in [3.63, 3.8) is 0 Å². The van der Waals surface area contributed by atoms with Crippen LogP contribution in [0.3, 0.4) is 0 Å². The van der Waals surface area contributed by atoms with E-state index in [4.69, 9.17) is 25.7 Å². The van der Waals surface area contributed by atoms with Crippen molar-refractivity contribution in [3.05, 3.63) is 48.0 Å². The molecule has 0 unspecified atom stereocenters. The second-order valence-electron chi connectivity index (χ2n) is 7.14. The molecule has 0 radical (unpaired) electrons. The molecule has 3 rings (SSSR count). The van der Waals surface area contributed by atoms with Crippen molar-refractivity contribution in [2.75, 3.05) is 18.3 Å². The van der Waals surface area contributed by atoms with Gasteiger partial charge >= 0.3 is 12.3 Å². The van der Waals surface area contributed by atoms with Crippen molar-refractivity contribution in [2.45, 2.75) is 44.3 Å². The zero-order valence-electron chi connectivity index (χ0n) is 16.6. The van der Waals surface area contributed by atoms with Gasteiger partial charge in [0.05, 0.1) is 11.7 Å². The van der Waals surface area contributed by atoms with Crippen LogP contribution in [0.15, 0.2) is 42.5 Å². The minimum atomic E-state index is -4.74. The Morgan fingerprint density at radius 1 is 0.903 bits per heavy atom. The monoisotopic (exact) mass is 440 g/mol. The van der Waals surface area contributed by atoms with Crippen molar-refractivity contribution in [2.24, 2.45) is 0 Å². The lowest BCUT2D eigenvalue weighted by Gasteiger charge is -2.28. The van der Waals surface area contributed by atoms with E-state index in [9.17, 15) is 18.0 Å². The predicted molar refractivity (Wildman–Crippen MR) is 106 cm³/mol. The average molecular weight is 440 g/mol. The molecule has 0 aromatic heterocycles. The summed E-state index contributed by atoms with van der Waals surface area (Å²) in [4.78, 5) is 12.3. The summed E-state index contributed by atoms with van der Waals surface area (Å²) >= 11 is 0. The van der Waals surface area contributed by atoms with Gasteiger partial charge in [0, 0.05) is 11.4 Å². The minimum Gasteiger partial charge on any atom is -0.468 e. The Morgan fingerprint density at radius 3 is 2.03 bits per heavy atom. The van der Waals surface area contributed by atoms with E-state index in [0.29, 0.717) is 48.4 Å². The maximum Gasteiger partial charge on any atom is 0.573 e. The molecule has 0 saturated heterocycles. The van der Waals surface area contributed by atoms with Crippen LogP contribution in [0.4, 0.5) is 24.5 Å². The van der Waals surface area contributed by atoms with Gasteiger partial charge in [0.15, 0.2) is 6.79 Å².